The topological polar surface area (TPSA) is 101 Å². The smallest absolute Gasteiger partial charge is 0.259 e. The van der Waals surface area contributed by atoms with Gasteiger partial charge >= 0.3 is 0 Å². The molecule has 2 unspecified atom stereocenters. The van der Waals surface area contributed by atoms with E-state index in [0.717, 1.165) is 44.9 Å². The average molecular weight is 350 g/mol. The van der Waals surface area contributed by atoms with Gasteiger partial charge in [0.05, 0.1) is 5.56 Å². The van der Waals surface area contributed by atoms with Crippen molar-refractivity contribution < 1.29 is 10.8 Å². The van der Waals surface area contributed by atoms with Gasteiger partial charge in [-0.1, -0.05) is 25.7 Å². The van der Waals surface area contributed by atoms with Crippen LogP contribution < -0.4 is 16.4 Å². The molecule has 2 fully saturated rings. The summed E-state index contributed by atoms with van der Waals surface area (Å²) in [7, 11) is 0. The second kappa shape index (κ2) is 7.61. The molecule has 2 saturated carbocycles. The summed E-state index contributed by atoms with van der Waals surface area (Å²) in [5.74, 6) is -0.296. The maximum absolute atomic E-state index is 12.8. The molecule has 24 heavy (non-hydrogen) atoms. The number of aromatic nitrogens is 2. The summed E-state index contributed by atoms with van der Waals surface area (Å²) >= 11 is 5.25. The zero-order valence-electron chi connectivity index (χ0n) is 14.0. The van der Waals surface area contributed by atoms with Crippen LogP contribution in [-0.2, 0) is 0 Å². The number of nitrogens with zero attached hydrogens (tertiary/aromatic N) is 2. The zero-order chi connectivity index (χ0) is 17.1. The molecule has 0 aromatic carbocycles. The maximum Gasteiger partial charge on any atom is 0.259 e. The van der Waals surface area contributed by atoms with Crippen LogP contribution in [0, 0.1) is 4.77 Å². The molecule has 0 saturated heterocycles. The van der Waals surface area contributed by atoms with Crippen LogP contribution in [-0.4, -0.2) is 27.8 Å². The molecule has 0 amide bonds. The van der Waals surface area contributed by atoms with Crippen molar-refractivity contribution in [2.45, 2.75) is 75.9 Å². The van der Waals surface area contributed by atoms with Crippen LogP contribution in [0.1, 0.15) is 69.4 Å². The van der Waals surface area contributed by atoms with Gasteiger partial charge in [-0.2, -0.15) is 0 Å². The van der Waals surface area contributed by atoms with Crippen LogP contribution in [0.4, 0.5) is 0 Å². The predicted octanol–water partition coefficient (Wildman–Crippen LogP) is 1.46. The number of hydrogen-bond donors (Lipinski definition) is 2. The second-order valence-corrected chi connectivity index (χ2v) is 7.42. The van der Waals surface area contributed by atoms with E-state index in [9.17, 15) is 9.90 Å². The van der Waals surface area contributed by atoms with Gasteiger partial charge in [-0.05, 0) is 43.8 Å². The van der Waals surface area contributed by atoms with E-state index in [2.05, 4.69) is 15.7 Å². The molecule has 4 N–H and O–H groups in total. The molecule has 2 aliphatic rings. The maximum atomic E-state index is 12.8. The molecule has 0 radical (unpaired) electrons. The third kappa shape index (κ3) is 3.62. The Hall–Kier alpha value is -1.47. The van der Waals surface area contributed by atoms with Crippen molar-refractivity contribution in [1.82, 2.24) is 9.55 Å². The molecule has 6 nitrogen and oxygen atoms in total. The minimum atomic E-state index is -0.433. The van der Waals surface area contributed by atoms with Gasteiger partial charge in [-0.3, -0.25) is 14.8 Å². The molecule has 1 aromatic heterocycles. The zero-order valence-corrected chi connectivity index (χ0v) is 14.8. The number of hydrogen-bond acceptors (Lipinski definition) is 4. The summed E-state index contributed by atoms with van der Waals surface area (Å²) < 4.78 is 1.83. The fourth-order valence-electron chi connectivity index (χ4n) is 3.88. The number of aromatic amines is 1. The van der Waals surface area contributed by atoms with Crippen molar-refractivity contribution >= 4 is 18.4 Å². The van der Waals surface area contributed by atoms with E-state index in [-0.39, 0.29) is 34.3 Å². The minimum Gasteiger partial charge on any atom is -0.859 e. The van der Waals surface area contributed by atoms with Gasteiger partial charge in [0.1, 0.15) is 12.1 Å². The second-order valence-electron chi connectivity index (χ2n) is 7.03. The minimum absolute atomic E-state index is 0.0954. The van der Waals surface area contributed by atoms with Crippen molar-refractivity contribution in [1.29, 1.82) is 0 Å². The van der Waals surface area contributed by atoms with Gasteiger partial charge in [0.15, 0.2) is 4.77 Å². The van der Waals surface area contributed by atoms with Crippen molar-refractivity contribution in [3.8, 4) is 5.88 Å². The first kappa shape index (κ1) is 17.4. The first-order chi connectivity index (χ1) is 11.6. The highest BCUT2D eigenvalue weighted by Gasteiger charge is 2.24. The fraction of sp³-hybridized carbons (Fsp3) is 0.706. The molecule has 3 rings (SSSR count). The third-order valence-electron chi connectivity index (χ3n) is 5.34. The molecule has 132 valence electrons. The first-order valence-electron chi connectivity index (χ1n) is 9.00. The monoisotopic (exact) mass is 350 g/mol. The average Bonchev–Trinajstić information content (AvgIpc) is 2.57. The lowest BCUT2D eigenvalue weighted by atomic mass is 9.91. The molecule has 0 bridgehead atoms. The van der Waals surface area contributed by atoms with Crippen LogP contribution in [0.25, 0.3) is 0 Å². The number of aliphatic imine (C=N–C) groups is 1. The van der Waals surface area contributed by atoms with E-state index in [0.29, 0.717) is 0 Å². The van der Waals surface area contributed by atoms with E-state index in [1.54, 1.807) is 4.57 Å². The van der Waals surface area contributed by atoms with Gasteiger partial charge in [-0.25, -0.2) is 0 Å². The molecule has 2 aliphatic carbocycles. The highest BCUT2D eigenvalue weighted by molar-refractivity contribution is 7.71. The Kier molecular flexibility index (Phi) is 5.50. The lowest BCUT2D eigenvalue weighted by molar-refractivity contribution is -0.428. The van der Waals surface area contributed by atoms with Crippen LogP contribution in [0.2, 0.25) is 0 Å². The van der Waals surface area contributed by atoms with Crippen molar-refractivity contribution in [3.05, 3.63) is 20.7 Å². The largest absolute Gasteiger partial charge is 0.859 e. The lowest BCUT2D eigenvalue weighted by Crippen LogP contribution is -2.66. The Balaban J connectivity index is 1.92. The van der Waals surface area contributed by atoms with Crippen molar-refractivity contribution in [3.63, 3.8) is 0 Å². The molecule has 2 atom stereocenters. The van der Waals surface area contributed by atoms with E-state index < -0.39 is 5.56 Å². The van der Waals surface area contributed by atoms with Gasteiger partial charge in [0.25, 0.3) is 5.56 Å². The summed E-state index contributed by atoms with van der Waals surface area (Å²) in [6.07, 6.45) is 11.1. The van der Waals surface area contributed by atoms with Crippen LogP contribution in [0.5, 0.6) is 5.88 Å². The Bertz CT molecular complexity index is 718. The Morgan fingerprint density at radius 1 is 1.17 bits per heavy atom. The molecule has 0 aliphatic heterocycles. The SMILES string of the molecule is [NH3+]C1CCCCC1N=Cc1c([O-])n(C2CCCCC2)c(=S)[nH]c1=O. The summed E-state index contributed by atoms with van der Waals surface area (Å²) in [5, 5.41) is 12.8. The molecule has 7 heteroatoms. The molecular formula is C17H26N4O2S. The number of H-pyrrole nitrogens is 1. The molecule has 1 heterocycles. The molecule has 0 spiro atoms. The van der Waals surface area contributed by atoms with Crippen LogP contribution >= 0.6 is 12.2 Å². The highest BCUT2D eigenvalue weighted by atomic mass is 32.1. The van der Waals surface area contributed by atoms with E-state index in [1.807, 2.05) is 0 Å². The van der Waals surface area contributed by atoms with Gasteiger partial charge in [0.2, 0.25) is 0 Å². The normalized spacial score (nSPS) is 26.0. The molecule has 1 aromatic rings. The van der Waals surface area contributed by atoms with E-state index in [4.69, 9.17) is 12.2 Å². The highest BCUT2D eigenvalue weighted by Crippen LogP contribution is 2.30. The first-order valence-corrected chi connectivity index (χ1v) is 9.41. The van der Waals surface area contributed by atoms with Crippen LogP contribution in [0.15, 0.2) is 9.79 Å². The summed E-state index contributed by atoms with van der Waals surface area (Å²) in [6.45, 7) is 0. The van der Waals surface area contributed by atoms with E-state index >= 15 is 0 Å². The van der Waals surface area contributed by atoms with Crippen molar-refractivity contribution in [2.75, 3.05) is 0 Å². The number of rotatable bonds is 3. The van der Waals surface area contributed by atoms with Gasteiger partial charge in [-0.15, -0.1) is 0 Å². The Morgan fingerprint density at radius 3 is 2.54 bits per heavy atom. The van der Waals surface area contributed by atoms with Gasteiger partial charge < -0.3 is 15.4 Å². The summed E-state index contributed by atoms with van der Waals surface area (Å²) in [4.78, 5) is 19.4. The van der Waals surface area contributed by atoms with Crippen LogP contribution in [0.3, 0.4) is 0 Å². The lowest BCUT2D eigenvalue weighted by Gasteiger charge is -2.30. The van der Waals surface area contributed by atoms with Gasteiger partial charge in [0, 0.05) is 18.7 Å². The van der Waals surface area contributed by atoms with Crippen molar-refractivity contribution in [2.24, 2.45) is 4.99 Å². The Morgan fingerprint density at radius 2 is 1.83 bits per heavy atom. The fourth-order valence-corrected chi connectivity index (χ4v) is 4.21. The third-order valence-corrected chi connectivity index (χ3v) is 5.64. The quantitative estimate of drug-likeness (QED) is 0.637. The summed E-state index contributed by atoms with van der Waals surface area (Å²) in [6, 6.07) is 0.453. The number of quaternary nitrogens is 1. The van der Waals surface area contributed by atoms with E-state index in [1.165, 1.54) is 19.1 Å². The Labute approximate surface area is 146 Å². The summed E-state index contributed by atoms with van der Waals surface area (Å²) in [5.41, 5.74) is 3.81. The standard InChI is InChI=1S/C17H26N4O2S/c18-13-8-4-5-9-14(13)19-10-12-15(22)20-17(24)21(16(12)23)11-6-2-1-3-7-11/h10-11,13-14,23H,1-9,18H2,(H,20,22,24). The number of nitrogens with one attached hydrogen (secondary N) is 1. The molecular weight excluding hydrogens is 324 g/mol. The predicted molar refractivity (Wildman–Crippen MR) is 94.0 cm³/mol.